The lowest BCUT2D eigenvalue weighted by atomic mass is 10.1. The Bertz CT molecular complexity index is 526. The smallest absolute Gasteiger partial charge is 0.407 e. The minimum absolute atomic E-state index is 0. The predicted molar refractivity (Wildman–Crippen MR) is 84.4 cm³/mol. The van der Waals surface area contributed by atoms with Crippen molar-refractivity contribution in [2.24, 2.45) is 0 Å². The van der Waals surface area contributed by atoms with E-state index in [0.29, 0.717) is 26.2 Å². The van der Waals surface area contributed by atoms with Crippen LogP contribution in [0.3, 0.4) is 0 Å². The summed E-state index contributed by atoms with van der Waals surface area (Å²) >= 11 is 0. The highest BCUT2D eigenvalue weighted by atomic mass is 35.5. The number of carbonyl (C=O) groups is 1. The Morgan fingerprint density at radius 2 is 2.36 bits per heavy atom. The van der Waals surface area contributed by atoms with E-state index in [4.69, 9.17) is 14.6 Å². The van der Waals surface area contributed by atoms with Gasteiger partial charge in [-0.3, -0.25) is 0 Å². The van der Waals surface area contributed by atoms with Gasteiger partial charge >= 0.3 is 6.09 Å². The topological polar surface area (TPSA) is 71.0 Å². The summed E-state index contributed by atoms with van der Waals surface area (Å²) in [6.45, 7) is 3.10. The first-order chi connectivity index (χ1) is 10.2. The van der Waals surface area contributed by atoms with Crippen LogP contribution >= 0.6 is 12.4 Å². The Kier molecular flexibility index (Phi) is 5.74. The number of hydrogen-bond donors (Lipinski definition) is 2. The number of nitrogens with one attached hydrogen (secondary N) is 1. The van der Waals surface area contributed by atoms with E-state index in [1.54, 1.807) is 0 Å². The Hall–Kier alpha value is -1.66. The molecule has 1 aromatic rings. The minimum atomic E-state index is -0.846. The van der Waals surface area contributed by atoms with Crippen molar-refractivity contribution in [2.45, 2.75) is 18.9 Å². The second-order valence-electron chi connectivity index (χ2n) is 5.38. The molecule has 6 nitrogen and oxygen atoms in total. The van der Waals surface area contributed by atoms with Crippen LogP contribution in [0.25, 0.3) is 0 Å². The third-order valence-corrected chi connectivity index (χ3v) is 3.92. The van der Waals surface area contributed by atoms with Crippen LogP contribution in [0.15, 0.2) is 18.2 Å². The molecule has 0 aliphatic carbocycles. The third-order valence-electron chi connectivity index (χ3n) is 3.92. The van der Waals surface area contributed by atoms with E-state index in [-0.39, 0.29) is 18.4 Å². The molecule has 0 aromatic heterocycles. The van der Waals surface area contributed by atoms with Crippen LogP contribution in [0.4, 0.5) is 4.79 Å². The maximum absolute atomic E-state index is 11.0. The summed E-state index contributed by atoms with van der Waals surface area (Å²) in [6, 6.07) is 6.05. The molecule has 3 rings (SSSR count). The average molecular weight is 329 g/mol. The first-order valence-corrected chi connectivity index (χ1v) is 7.32. The average Bonchev–Trinajstić information content (AvgIpc) is 2.95. The molecule has 0 radical (unpaired) electrons. The van der Waals surface area contributed by atoms with Crippen LogP contribution in [0.2, 0.25) is 0 Å². The predicted octanol–water partition coefficient (Wildman–Crippen LogP) is 1.76. The summed E-state index contributed by atoms with van der Waals surface area (Å²) in [7, 11) is 0. The van der Waals surface area contributed by atoms with Crippen molar-refractivity contribution in [1.82, 2.24) is 10.2 Å². The molecule has 1 fully saturated rings. The first-order valence-electron chi connectivity index (χ1n) is 7.32. The summed E-state index contributed by atoms with van der Waals surface area (Å²) in [4.78, 5) is 12.4. The molecule has 1 aromatic carbocycles. The lowest BCUT2D eigenvalue weighted by Gasteiger charge is -2.31. The van der Waals surface area contributed by atoms with Crippen LogP contribution in [0, 0.1) is 0 Å². The molecule has 0 unspecified atom stereocenters. The second-order valence-corrected chi connectivity index (χ2v) is 5.38. The molecule has 0 spiro atoms. The van der Waals surface area contributed by atoms with Gasteiger partial charge in [-0.25, -0.2) is 4.79 Å². The van der Waals surface area contributed by atoms with E-state index in [0.717, 1.165) is 30.9 Å². The summed E-state index contributed by atoms with van der Waals surface area (Å²) in [5, 5.41) is 12.3. The van der Waals surface area contributed by atoms with Crippen molar-refractivity contribution in [1.29, 1.82) is 0 Å². The summed E-state index contributed by atoms with van der Waals surface area (Å²) < 4.78 is 11.2. The summed E-state index contributed by atoms with van der Waals surface area (Å²) in [6.07, 6.45) is 0.878. The van der Waals surface area contributed by atoms with Crippen LogP contribution in [0.5, 0.6) is 11.5 Å². The fraction of sp³-hybridized carbons (Fsp3) is 0.533. The maximum atomic E-state index is 11.0. The van der Waals surface area contributed by atoms with E-state index in [1.165, 1.54) is 10.5 Å². The highest BCUT2D eigenvalue weighted by molar-refractivity contribution is 5.85. The molecule has 1 atom stereocenters. The number of amides is 1. The Morgan fingerprint density at radius 3 is 3.18 bits per heavy atom. The molecule has 1 amide bonds. The number of nitrogens with zero attached hydrogens (tertiary/aromatic N) is 1. The number of ether oxygens (including phenoxy) is 2. The third kappa shape index (κ3) is 3.96. The van der Waals surface area contributed by atoms with E-state index < -0.39 is 6.09 Å². The van der Waals surface area contributed by atoms with Crippen LogP contribution in [-0.2, 0) is 6.42 Å². The zero-order valence-electron chi connectivity index (χ0n) is 12.3. The van der Waals surface area contributed by atoms with E-state index in [1.807, 2.05) is 18.2 Å². The van der Waals surface area contributed by atoms with Crippen molar-refractivity contribution in [3.05, 3.63) is 23.8 Å². The maximum Gasteiger partial charge on any atom is 0.407 e. The highest BCUT2D eigenvalue weighted by Gasteiger charge is 2.22. The van der Waals surface area contributed by atoms with Gasteiger partial charge in [-0.1, -0.05) is 0 Å². The van der Waals surface area contributed by atoms with Gasteiger partial charge in [0.2, 0.25) is 0 Å². The van der Waals surface area contributed by atoms with E-state index in [2.05, 4.69) is 5.32 Å². The zero-order chi connectivity index (χ0) is 14.7. The molecule has 0 saturated carbocycles. The second kappa shape index (κ2) is 7.56. The lowest BCUT2D eigenvalue weighted by Crippen LogP contribution is -2.52. The zero-order valence-corrected chi connectivity index (χ0v) is 13.1. The molecule has 2 heterocycles. The van der Waals surface area contributed by atoms with Crippen LogP contribution in [-0.4, -0.2) is 55.0 Å². The number of fused-ring (bicyclic) bond motifs is 1. The van der Waals surface area contributed by atoms with E-state index in [9.17, 15) is 4.79 Å². The van der Waals surface area contributed by atoms with Crippen LogP contribution in [0.1, 0.15) is 12.0 Å². The van der Waals surface area contributed by atoms with Gasteiger partial charge in [-0.15, -0.1) is 12.4 Å². The van der Waals surface area contributed by atoms with Gasteiger partial charge in [0.1, 0.15) is 11.5 Å². The Balaban J connectivity index is 0.00000176. The van der Waals surface area contributed by atoms with Crippen molar-refractivity contribution in [3.8, 4) is 11.5 Å². The number of carboxylic acid groups (broad SMARTS) is 1. The van der Waals surface area contributed by atoms with E-state index >= 15 is 0 Å². The molecule has 7 heteroatoms. The number of benzene rings is 1. The van der Waals surface area contributed by atoms with Gasteiger partial charge < -0.3 is 24.8 Å². The molecule has 2 aliphatic rings. The number of halogens is 1. The van der Waals surface area contributed by atoms with Gasteiger partial charge in [0, 0.05) is 37.7 Å². The lowest BCUT2D eigenvalue weighted by molar-refractivity contribution is 0.124. The SMILES string of the molecule is Cl.O=C(O)N1CCN[C@H](CCOc2ccc3c(c2)CCO3)C1. The van der Waals surface area contributed by atoms with Crippen molar-refractivity contribution in [2.75, 3.05) is 32.8 Å². The van der Waals surface area contributed by atoms with Crippen molar-refractivity contribution < 1.29 is 19.4 Å². The van der Waals surface area contributed by atoms with Gasteiger partial charge in [-0.2, -0.15) is 0 Å². The molecule has 22 heavy (non-hydrogen) atoms. The summed E-state index contributed by atoms with van der Waals surface area (Å²) in [5.74, 6) is 1.80. The number of rotatable bonds is 4. The Morgan fingerprint density at radius 1 is 1.50 bits per heavy atom. The van der Waals surface area contributed by atoms with Crippen molar-refractivity contribution >= 4 is 18.5 Å². The standard InChI is InChI=1S/C15H20N2O4.ClH/c18-15(19)17-6-5-16-12(10-17)4-8-20-13-1-2-14-11(9-13)3-7-21-14;/h1-2,9,12,16H,3-8,10H2,(H,18,19);1H/t12-;/m1./s1. The monoisotopic (exact) mass is 328 g/mol. The highest BCUT2D eigenvalue weighted by Crippen LogP contribution is 2.28. The molecule has 0 bridgehead atoms. The molecular formula is C15H21ClN2O4. The van der Waals surface area contributed by atoms with Gasteiger partial charge in [0.05, 0.1) is 13.2 Å². The summed E-state index contributed by atoms with van der Waals surface area (Å²) in [5.41, 5.74) is 1.19. The number of piperazine rings is 1. The van der Waals surface area contributed by atoms with Crippen molar-refractivity contribution in [3.63, 3.8) is 0 Å². The van der Waals surface area contributed by atoms with Crippen LogP contribution < -0.4 is 14.8 Å². The molecule has 1 saturated heterocycles. The van der Waals surface area contributed by atoms with Gasteiger partial charge in [0.15, 0.2) is 0 Å². The van der Waals surface area contributed by atoms with Gasteiger partial charge in [-0.05, 0) is 24.6 Å². The number of hydrogen-bond acceptors (Lipinski definition) is 4. The fourth-order valence-corrected chi connectivity index (χ4v) is 2.76. The van der Waals surface area contributed by atoms with Gasteiger partial charge in [0.25, 0.3) is 0 Å². The Labute approximate surface area is 135 Å². The fourth-order valence-electron chi connectivity index (χ4n) is 2.76. The normalized spacial score (nSPS) is 19.8. The molecule has 2 aliphatic heterocycles. The molecule has 122 valence electrons. The first kappa shape index (κ1) is 16.7. The quantitative estimate of drug-likeness (QED) is 0.881. The minimum Gasteiger partial charge on any atom is -0.494 e. The molecule has 2 N–H and O–H groups in total. The largest absolute Gasteiger partial charge is 0.494 e. The molecular weight excluding hydrogens is 308 g/mol.